The van der Waals surface area contributed by atoms with Crippen LogP contribution in [0.3, 0.4) is 0 Å². The van der Waals surface area contributed by atoms with Gasteiger partial charge in [-0.25, -0.2) is 4.79 Å². The SMILES string of the molecule is NC(N)=NCCCCCC(=O)N[C@@H](Cc1cccs1)C(=O)N1Cc2ccccc2C[C@H]1C(=O)N1C2CCCCC2C[C@H]1C(=O)N[C@@H](CCCN=C(N)N)C(=O)O. The molecule has 56 heavy (non-hydrogen) atoms. The Hall–Kier alpha value is -5.19. The maximum atomic E-state index is 15.1. The first-order valence-electron chi connectivity index (χ1n) is 19.6. The number of guanidine groups is 2. The summed E-state index contributed by atoms with van der Waals surface area (Å²) in [5.74, 6) is -2.72. The summed E-state index contributed by atoms with van der Waals surface area (Å²) in [5, 5.41) is 17.6. The number of fused-ring (bicyclic) bond motifs is 2. The molecule has 1 saturated heterocycles. The van der Waals surface area contributed by atoms with Crippen LogP contribution >= 0.6 is 11.3 Å². The van der Waals surface area contributed by atoms with Crippen LogP contribution in [0.1, 0.15) is 86.6 Å². The van der Waals surface area contributed by atoms with E-state index in [1.165, 1.54) is 11.3 Å². The van der Waals surface area contributed by atoms with Crippen molar-refractivity contribution in [1.29, 1.82) is 0 Å². The molecule has 11 N–H and O–H groups in total. The second-order valence-electron chi connectivity index (χ2n) is 14.9. The van der Waals surface area contributed by atoms with Crippen LogP contribution in [0, 0.1) is 5.92 Å². The molecule has 6 atom stereocenters. The van der Waals surface area contributed by atoms with Crippen molar-refractivity contribution in [3.05, 3.63) is 57.8 Å². The van der Waals surface area contributed by atoms with Gasteiger partial charge in [-0.05, 0) is 73.4 Å². The van der Waals surface area contributed by atoms with E-state index in [2.05, 4.69) is 20.6 Å². The Labute approximate surface area is 331 Å². The molecule has 2 aromatic rings. The highest BCUT2D eigenvalue weighted by Crippen LogP contribution is 2.41. The Kier molecular flexibility index (Phi) is 15.1. The van der Waals surface area contributed by atoms with Crippen molar-refractivity contribution in [2.75, 3.05) is 13.1 Å². The maximum Gasteiger partial charge on any atom is 0.326 e. The number of aliphatic carboxylic acids is 1. The number of likely N-dealkylation sites (tertiary alicyclic amines) is 1. The van der Waals surface area contributed by atoms with Gasteiger partial charge in [-0.15, -0.1) is 11.3 Å². The van der Waals surface area contributed by atoms with E-state index in [0.29, 0.717) is 38.6 Å². The number of rotatable bonds is 18. The van der Waals surface area contributed by atoms with Gasteiger partial charge in [0.15, 0.2) is 11.9 Å². The van der Waals surface area contributed by atoms with Gasteiger partial charge < -0.3 is 48.5 Å². The molecule has 0 spiro atoms. The van der Waals surface area contributed by atoms with E-state index in [9.17, 15) is 24.3 Å². The van der Waals surface area contributed by atoms with Gasteiger partial charge in [0.1, 0.15) is 24.2 Å². The Morgan fingerprint density at radius 3 is 2.25 bits per heavy atom. The summed E-state index contributed by atoms with van der Waals surface area (Å²) < 4.78 is 0. The Morgan fingerprint density at radius 2 is 1.55 bits per heavy atom. The standard InChI is InChI=1S/C39H56N10O6S/c40-38(41)44-17-7-1-2-16-33(50)46-29(22-27-13-9-19-56-27)35(52)48-23-26-12-4-3-10-24(26)20-32(48)36(53)49-30-15-6-5-11-25(30)21-31(49)34(51)47-28(37(54)55)14-8-18-45-39(42)43/h3-4,9-10,12-13,19,25,28-32H,1-2,5-8,11,14-18,20-23H2,(H,46,50)(H,47,51)(H,54,55)(H4,40,41,44)(H4,42,43,45)/t25?,28-,29-,30?,31-,32-/m0/s1. The quantitative estimate of drug-likeness (QED) is 0.0647. The molecule has 4 amide bonds. The summed E-state index contributed by atoms with van der Waals surface area (Å²) in [6.45, 7) is 0.835. The number of hydrogen-bond donors (Lipinski definition) is 7. The number of carboxylic acid groups (broad SMARTS) is 1. The Balaban J connectivity index is 1.39. The number of carbonyl (C=O) groups excluding carboxylic acids is 4. The van der Waals surface area contributed by atoms with E-state index < -0.39 is 36.0 Å². The first kappa shape index (κ1) is 42.0. The zero-order valence-corrected chi connectivity index (χ0v) is 32.6. The number of unbranched alkanes of at least 4 members (excludes halogenated alkanes) is 2. The van der Waals surface area contributed by atoms with E-state index in [-0.39, 0.29) is 80.4 Å². The van der Waals surface area contributed by atoms with Crippen molar-refractivity contribution in [3.63, 3.8) is 0 Å². The predicted molar refractivity (Wildman–Crippen MR) is 214 cm³/mol. The topological polar surface area (TPSA) is 265 Å². The third-order valence-electron chi connectivity index (χ3n) is 11.0. The second-order valence-corrected chi connectivity index (χ2v) is 16.0. The summed E-state index contributed by atoms with van der Waals surface area (Å²) in [6.07, 6.45) is 6.98. The van der Waals surface area contributed by atoms with Crippen molar-refractivity contribution in [3.8, 4) is 0 Å². The molecule has 1 aromatic carbocycles. The van der Waals surface area contributed by atoms with E-state index in [0.717, 1.165) is 41.7 Å². The first-order valence-corrected chi connectivity index (χ1v) is 20.5. The molecule has 0 bridgehead atoms. The highest BCUT2D eigenvalue weighted by atomic mass is 32.1. The molecule has 2 unspecified atom stereocenters. The normalized spacial score (nSPS) is 21.1. The fourth-order valence-corrected chi connectivity index (χ4v) is 9.02. The summed E-state index contributed by atoms with van der Waals surface area (Å²) in [5.41, 5.74) is 23.5. The van der Waals surface area contributed by atoms with Gasteiger partial charge in [0.2, 0.25) is 23.6 Å². The lowest BCUT2D eigenvalue weighted by atomic mass is 9.84. The van der Waals surface area contributed by atoms with Gasteiger partial charge in [0.05, 0.1) is 0 Å². The lowest BCUT2D eigenvalue weighted by Gasteiger charge is -2.42. The predicted octanol–water partition coefficient (Wildman–Crippen LogP) is 1.35. The lowest BCUT2D eigenvalue weighted by Crippen LogP contribution is -2.61. The van der Waals surface area contributed by atoms with Gasteiger partial charge >= 0.3 is 5.97 Å². The van der Waals surface area contributed by atoms with Gasteiger partial charge in [0.25, 0.3) is 0 Å². The molecular weight excluding hydrogens is 737 g/mol. The minimum atomic E-state index is -1.20. The molecule has 3 aliphatic rings. The van der Waals surface area contributed by atoms with Crippen molar-refractivity contribution in [2.24, 2.45) is 38.8 Å². The number of carboxylic acids is 1. The third-order valence-corrected chi connectivity index (χ3v) is 11.9. The maximum absolute atomic E-state index is 15.1. The number of carbonyl (C=O) groups is 5. The van der Waals surface area contributed by atoms with Crippen molar-refractivity contribution < 1.29 is 29.1 Å². The van der Waals surface area contributed by atoms with E-state index in [1.807, 2.05) is 41.8 Å². The molecule has 2 fully saturated rings. The Morgan fingerprint density at radius 1 is 0.839 bits per heavy atom. The van der Waals surface area contributed by atoms with Crippen LogP contribution in [0.15, 0.2) is 51.8 Å². The monoisotopic (exact) mass is 792 g/mol. The van der Waals surface area contributed by atoms with Crippen LogP contribution < -0.4 is 33.6 Å². The number of thiophene rings is 1. The number of amides is 4. The van der Waals surface area contributed by atoms with Gasteiger partial charge in [0, 0.05) is 49.8 Å². The van der Waals surface area contributed by atoms with Gasteiger partial charge in [-0.2, -0.15) is 0 Å². The first-order chi connectivity index (χ1) is 26.9. The minimum Gasteiger partial charge on any atom is -0.480 e. The number of nitrogens with zero attached hydrogens (tertiary/aromatic N) is 4. The molecule has 2 aliphatic heterocycles. The van der Waals surface area contributed by atoms with Crippen LogP contribution in [0.4, 0.5) is 0 Å². The largest absolute Gasteiger partial charge is 0.480 e. The van der Waals surface area contributed by atoms with Crippen LogP contribution in [0.2, 0.25) is 0 Å². The van der Waals surface area contributed by atoms with E-state index in [1.54, 1.807) is 9.80 Å². The summed E-state index contributed by atoms with van der Waals surface area (Å²) in [7, 11) is 0. The molecule has 0 radical (unpaired) electrons. The summed E-state index contributed by atoms with van der Waals surface area (Å²) in [6, 6.07) is 7.29. The van der Waals surface area contributed by atoms with Gasteiger partial charge in [-0.1, -0.05) is 49.6 Å². The molecule has 3 heterocycles. The fourth-order valence-electron chi connectivity index (χ4n) is 8.27. The molecule has 5 rings (SSSR count). The third kappa shape index (κ3) is 11.2. The molecule has 1 aromatic heterocycles. The van der Waals surface area contributed by atoms with E-state index >= 15 is 4.79 Å². The van der Waals surface area contributed by atoms with Crippen LogP contribution in [0.5, 0.6) is 0 Å². The molecule has 1 saturated carbocycles. The molecule has 16 nitrogen and oxygen atoms in total. The number of hydrogen-bond acceptors (Lipinski definition) is 8. The van der Waals surface area contributed by atoms with Crippen LogP contribution in [-0.2, 0) is 43.4 Å². The zero-order valence-electron chi connectivity index (χ0n) is 31.8. The summed E-state index contributed by atoms with van der Waals surface area (Å²) in [4.78, 5) is 81.6. The number of benzene rings is 1. The average molecular weight is 793 g/mol. The lowest BCUT2D eigenvalue weighted by molar-refractivity contribution is -0.153. The van der Waals surface area contributed by atoms with Gasteiger partial charge in [-0.3, -0.25) is 29.2 Å². The number of nitrogens with two attached hydrogens (primary N) is 4. The fraction of sp³-hybridized carbons (Fsp3) is 0.564. The Bertz CT molecular complexity index is 1740. The minimum absolute atomic E-state index is 0.0241. The van der Waals surface area contributed by atoms with E-state index in [4.69, 9.17) is 22.9 Å². The second kappa shape index (κ2) is 20.1. The van der Waals surface area contributed by atoms with Crippen LogP contribution in [-0.4, -0.2) is 99.7 Å². The molecule has 1 aliphatic carbocycles. The highest BCUT2D eigenvalue weighted by molar-refractivity contribution is 7.09. The van der Waals surface area contributed by atoms with Crippen molar-refractivity contribution >= 4 is 52.9 Å². The molecular formula is C39H56N10O6S. The smallest absolute Gasteiger partial charge is 0.326 e. The van der Waals surface area contributed by atoms with Crippen molar-refractivity contribution in [1.82, 2.24) is 20.4 Å². The summed E-state index contributed by atoms with van der Waals surface area (Å²) >= 11 is 1.48. The number of nitrogens with one attached hydrogen (secondary N) is 2. The molecule has 304 valence electrons. The highest BCUT2D eigenvalue weighted by Gasteiger charge is 2.51. The zero-order chi connectivity index (χ0) is 40.2. The van der Waals surface area contributed by atoms with Crippen LogP contribution in [0.25, 0.3) is 0 Å². The molecule has 17 heteroatoms. The average Bonchev–Trinajstić information content (AvgIpc) is 3.84. The van der Waals surface area contributed by atoms with Crippen molar-refractivity contribution in [2.45, 2.75) is 120 Å². The number of aliphatic imine (C=N–C) groups is 2.